The van der Waals surface area contributed by atoms with Crippen molar-refractivity contribution in [2.24, 2.45) is 10.9 Å². The minimum atomic E-state index is 0.0525. The first-order valence-electron chi connectivity index (χ1n) is 9.43. The molecule has 0 aromatic heterocycles. The van der Waals surface area contributed by atoms with Crippen LogP contribution in [-0.4, -0.2) is 49.6 Å². The van der Waals surface area contributed by atoms with Crippen LogP contribution in [0.25, 0.3) is 0 Å². The second kappa shape index (κ2) is 10.2. The first-order valence-corrected chi connectivity index (χ1v) is 9.43. The molecule has 6 nitrogen and oxygen atoms in total. The third-order valence-electron chi connectivity index (χ3n) is 4.43. The number of carbonyl (C=O) groups is 1. The molecule has 1 aliphatic rings. The van der Waals surface area contributed by atoms with Gasteiger partial charge < -0.3 is 20.3 Å². The van der Waals surface area contributed by atoms with Gasteiger partial charge in [-0.3, -0.25) is 4.79 Å². The number of nitrogens with zero attached hydrogens (tertiary/aromatic N) is 2. The Hall–Kier alpha value is -2.08. The number of amides is 1. The zero-order valence-corrected chi connectivity index (χ0v) is 16.4. The van der Waals surface area contributed by atoms with Crippen LogP contribution in [0, 0.1) is 5.92 Å². The van der Waals surface area contributed by atoms with Crippen LogP contribution in [0.3, 0.4) is 0 Å². The molecule has 1 heterocycles. The number of likely N-dealkylation sites (tertiary alicyclic amines) is 1. The van der Waals surface area contributed by atoms with Crippen molar-refractivity contribution in [3.63, 3.8) is 0 Å². The maximum atomic E-state index is 12.1. The topological polar surface area (TPSA) is 66.0 Å². The van der Waals surface area contributed by atoms with Crippen molar-refractivity contribution in [1.29, 1.82) is 0 Å². The Kier molecular flexibility index (Phi) is 7.91. The Morgan fingerprint density at radius 2 is 2.00 bits per heavy atom. The molecule has 0 aliphatic carbocycles. The molecule has 144 valence electrons. The van der Waals surface area contributed by atoms with Crippen LogP contribution < -0.4 is 10.6 Å². The number of benzene rings is 1. The van der Waals surface area contributed by atoms with Gasteiger partial charge >= 0.3 is 0 Å². The maximum Gasteiger partial charge on any atom is 0.225 e. The lowest BCUT2D eigenvalue weighted by Crippen LogP contribution is -2.45. The molecule has 1 aromatic rings. The number of ether oxygens (including phenoxy) is 1. The largest absolute Gasteiger partial charge is 0.380 e. The van der Waals surface area contributed by atoms with Crippen molar-refractivity contribution < 1.29 is 9.53 Å². The highest BCUT2D eigenvalue weighted by Crippen LogP contribution is 2.13. The van der Waals surface area contributed by atoms with Gasteiger partial charge in [-0.25, -0.2) is 4.99 Å². The van der Waals surface area contributed by atoms with Crippen LogP contribution in [0.1, 0.15) is 38.3 Å². The number of hydrogen-bond donors (Lipinski definition) is 2. The zero-order chi connectivity index (χ0) is 18.9. The fraction of sp³-hybridized carbons (Fsp3) is 0.600. The van der Waals surface area contributed by atoms with Crippen LogP contribution >= 0.6 is 0 Å². The summed E-state index contributed by atoms with van der Waals surface area (Å²) in [5, 5.41) is 6.76. The highest BCUT2D eigenvalue weighted by Gasteiger charge is 2.27. The fourth-order valence-corrected chi connectivity index (χ4v) is 3.03. The van der Waals surface area contributed by atoms with Crippen LogP contribution in [0.2, 0.25) is 0 Å². The van der Waals surface area contributed by atoms with E-state index < -0.39 is 0 Å². The van der Waals surface area contributed by atoms with Crippen molar-refractivity contribution in [2.45, 2.75) is 46.4 Å². The summed E-state index contributed by atoms with van der Waals surface area (Å²) in [5.74, 6) is 1.08. The van der Waals surface area contributed by atoms with Crippen LogP contribution in [0.5, 0.6) is 0 Å². The Morgan fingerprint density at radius 1 is 1.31 bits per heavy atom. The monoisotopic (exact) mass is 360 g/mol. The van der Waals surface area contributed by atoms with E-state index >= 15 is 0 Å². The number of methoxy groups -OCH3 is 1. The quantitative estimate of drug-likeness (QED) is 0.578. The molecule has 1 aliphatic heterocycles. The van der Waals surface area contributed by atoms with Crippen molar-refractivity contribution in [3.05, 3.63) is 35.4 Å². The zero-order valence-electron chi connectivity index (χ0n) is 16.4. The van der Waals surface area contributed by atoms with E-state index in [2.05, 4.69) is 46.8 Å². The smallest absolute Gasteiger partial charge is 0.225 e. The average Bonchev–Trinajstić information content (AvgIpc) is 3.09. The second-order valence-electron chi connectivity index (χ2n) is 7.01. The molecule has 1 unspecified atom stereocenters. The summed E-state index contributed by atoms with van der Waals surface area (Å²) in [6.45, 7) is 9.56. The highest BCUT2D eigenvalue weighted by atomic mass is 16.5. The maximum absolute atomic E-state index is 12.1. The molecule has 2 N–H and O–H groups in total. The van der Waals surface area contributed by atoms with E-state index in [0.29, 0.717) is 13.2 Å². The Balaban J connectivity index is 1.91. The van der Waals surface area contributed by atoms with E-state index in [0.717, 1.165) is 43.1 Å². The summed E-state index contributed by atoms with van der Waals surface area (Å²) < 4.78 is 5.14. The molecule has 1 amide bonds. The molecule has 0 radical (unpaired) electrons. The van der Waals surface area contributed by atoms with Gasteiger partial charge in [0.2, 0.25) is 5.91 Å². The second-order valence-corrected chi connectivity index (χ2v) is 7.01. The molecular weight excluding hydrogens is 328 g/mol. The standard InChI is InChI=1S/C20H32N4O2/c1-5-21-20(22-12-16-6-8-17(9-7-16)14-26-4)23-18-10-11-24(13-18)19(25)15(2)3/h6-9,15,18H,5,10-14H2,1-4H3,(H2,21,22,23). The summed E-state index contributed by atoms with van der Waals surface area (Å²) >= 11 is 0. The van der Waals surface area contributed by atoms with Gasteiger partial charge in [-0.2, -0.15) is 0 Å². The average molecular weight is 361 g/mol. The van der Waals surface area contributed by atoms with E-state index in [4.69, 9.17) is 4.74 Å². The first-order chi connectivity index (χ1) is 12.5. The minimum absolute atomic E-state index is 0.0525. The predicted molar refractivity (Wildman–Crippen MR) is 105 cm³/mol. The molecule has 0 saturated carbocycles. The number of rotatable bonds is 7. The van der Waals surface area contributed by atoms with Crippen LogP contribution in [-0.2, 0) is 22.7 Å². The third-order valence-corrected chi connectivity index (χ3v) is 4.43. The lowest BCUT2D eigenvalue weighted by molar-refractivity contribution is -0.133. The van der Waals surface area contributed by atoms with E-state index in [1.54, 1.807) is 7.11 Å². The van der Waals surface area contributed by atoms with Gasteiger partial charge in [0.1, 0.15) is 0 Å². The normalized spacial score (nSPS) is 17.7. The third kappa shape index (κ3) is 6.02. The minimum Gasteiger partial charge on any atom is -0.380 e. The Morgan fingerprint density at radius 3 is 2.62 bits per heavy atom. The predicted octanol–water partition coefficient (Wildman–Crippen LogP) is 2.14. The number of hydrogen-bond acceptors (Lipinski definition) is 3. The molecular formula is C20H32N4O2. The number of guanidine groups is 1. The number of carbonyl (C=O) groups excluding carboxylic acids is 1. The molecule has 26 heavy (non-hydrogen) atoms. The summed E-state index contributed by atoms with van der Waals surface area (Å²) in [5.41, 5.74) is 2.32. The van der Waals surface area contributed by atoms with Crippen LogP contribution in [0.15, 0.2) is 29.3 Å². The fourth-order valence-electron chi connectivity index (χ4n) is 3.03. The van der Waals surface area contributed by atoms with Gasteiger partial charge in [0.25, 0.3) is 0 Å². The molecule has 1 aromatic carbocycles. The number of aliphatic imine (C=N–C) groups is 1. The summed E-state index contributed by atoms with van der Waals surface area (Å²) in [6.07, 6.45) is 0.953. The van der Waals surface area contributed by atoms with Crippen molar-refractivity contribution in [3.8, 4) is 0 Å². The lowest BCUT2D eigenvalue weighted by atomic mass is 10.1. The Bertz CT molecular complexity index is 598. The van der Waals surface area contributed by atoms with Gasteiger partial charge in [-0.15, -0.1) is 0 Å². The SMILES string of the molecule is CCNC(=NCc1ccc(COC)cc1)NC1CCN(C(=O)C(C)C)C1. The first kappa shape index (κ1) is 20.2. The van der Waals surface area contributed by atoms with Crippen molar-refractivity contribution in [1.82, 2.24) is 15.5 Å². The molecule has 6 heteroatoms. The molecule has 1 fully saturated rings. The highest BCUT2D eigenvalue weighted by molar-refractivity contribution is 5.81. The van der Waals surface area contributed by atoms with Gasteiger partial charge in [0.05, 0.1) is 13.2 Å². The van der Waals surface area contributed by atoms with E-state index in [1.165, 1.54) is 0 Å². The summed E-state index contributed by atoms with van der Waals surface area (Å²) in [7, 11) is 1.70. The van der Waals surface area contributed by atoms with Gasteiger partial charge in [-0.1, -0.05) is 38.1 Å². The number of nitrogens with one attached hydrogen (secondary N) is 2. The summed E-state index contributed by atoms with van der Waals surface area (Å²) in [4.78, 5) is 18.8. The molecule has 1 atom stereocenters. The van der Waals surface area contributed by atoms with Crippen molar-refractivity contribution in [2.75, 3.05) is 26.7 Å². The molecule has 1 saturated heterocycles. The molecule has 0 spiro atoms. The van der Waals surface area contributed by atoms with E-state index in [1.807, 2.05) is 18.7 Å². The Labute approximate surface area is 157 Å². The lowest BCUT2D eigenvalue weighted by Gasteiger charge is -2.20. The van der Waals surface area contributed by atoms with Gasteiger partial charge in [0.15, 0.2) is 5.96 Å². The summed E-state index contributed by atoms with van der Waals surface area (Å²) in [6, 6.07) is 8.56. The molecule has 2 rings (SSSR count). The van der Waals surface area contributed by atoms with Crippen LogP contribution in [0.4, 0.5) is 0 Å². The van der Waals surface area contributed by atoms with Gasteiger partial charge in [-0.05, 0) is 24.5 Å². The van der Waals surface area contributed by atoms with Crippen molar-refractivity contribution >= 4 is 11.9 Å². The van der Waals surface area contributed by atoms with E-state index in [9.17, 15) is 4.79 Å². The van der Waals surface area contributed by atoms with E-state index in [-0.39, 0.29) is 17.9 Å². The van der Waals surface area contributed by atoms with Gasteiger partial charge in [0, 0.05) is 38.7 Å². The molecule has 0 bridgehead atoms.